The molecule has 0 atom stereocenters. The maximum atomic E-state index is 6.07. The highest BCUT2D eigenvalue weighted by atomic mass is 35.5. The van der Waals surface area contributed by atoms with Crippen molar-refractivity contribution < 1.29 is 0 Å². The third-order valence-electron chi connectivity index (χ3n) is 2.45. The summed E-state index contributed by atoms with van der Waals surface area (Å²) in [4.78, 5) is 0. The number of benzene rings is 1. The van der Waals surface area contributed by atoms with Crippen molar-refractivity contribution in [1.82, 2.24) is 5.32 Å². The van der Waals surface area contributed by atoms with Gasteiger partial charge in [-0.2, -0.15) is 0 Å². The van der Waals surface area contributed by atoms with Crippen molar-refractivity contribution in [2.45, 2.75) is 12.8 Å². The summed E-state index contributed by atoms with van der Waals surface area (Å²) >= 11 is 17.2. The number of hydrogen-bond acceptors (Lipinski definition) is 1. The molecule has 0 saturated heterocycles. The van der Waals surface area contributed by atoms with E-state index in [1.54, 1.807) is 6.07 Å². The summed E-state index contributed by atoms with van der Waals surface area (Å²) < 4.78 is 0. The Labute approximate surface area is 122 Å². The van der Waals surface area contributed by atoms with Crippen LogP contribution in [0.1, 0.15) is 12.8 Å². The van der Waals surface area contributed by atoms with E-state index in [4.69, 9.17) is 35.4 Å². The molecule has 1 aromatic rings. The number of nitrogens with one attached hydrogen (secondary N) is 2. The van der Waals surface area contributed by atoms with Crippen molar-refractivity contribution in [2.24, 2.45) is 0 Å². The second-order valence-electron chi connectivity index (χ2n) is 3.82. The summed E-state index contributed by atoms with van der Waals surface area (Å²) in [7, 11) is 0. The molecule has 0 unspecified atom stereocenters. The fourth-order valence-electron chi connectivity index (χ4n) is 1.59. The van der Waals surface area contributed by atoms with Crippen LogP contribution in [0.5, 0.6) is 0 Å². The molecular formula is C13H12Cl2N2S. The molecule has 1 aromatic carbocycles. The first-order valence-electron chi connectivity index (χ1n) is 5.55. The molecule has 94 valence electrons. The molecule has 0 heterocycles. The van der Waals surface area contributed by atoms with E-state index in [1.807, 2.05) is 18.2 Å². The first-order valence-corrected chi connectivity index (χ1v) is 6.72. The Morgan fingerprint density at radius 3 is 2.72 bits per heavy atom. The third-order valence-corrected chi connectivity index (χ3v) is 3.48. The van der Waals surface area contributed by atoms with Crippen LogP contribution >= 0.6 is 35.4 Å². The number of rotatable bonds is 2. The summed E-state index contributed by atoms with van der Waals surface area (Å²) in [5.41, 5.74) is 1.69. The molecule has 0 aliphatic heterocycles. The van der Waals surface area contributed by atoms with Gasteiger partial charge in [-0.25, -0.2) is 0 Å². The lowest BCUT2D eigenvalue weighted by Gasteiger charge is -2.14. The fourth-order valence-corrected chi connectivity index (χ4v) is 2.17. The summed E-state index contributed by atoms with van der Waals surface area (Å²) in [6.45, 7) is 0. The normalized spacial score (nSPS) is 14.0. The van der Waals surface area contributed by atoms with Gasteiger partial charge in [0.1, 0.15) is 0 Å². The van der Waals surface area contributed by atoms with Crippen LogP contribution in [0.4, 0.5) is 5.69 Å². The van der Waals surface area contributed by atoms with Crippen molar-refractivity contribution in [3.8, 4) is 0 Å². The SMILES string of the molecule is S=C(NC1=CCCC=C1)Nc1cccc(Cl)c1Cl. The minimum atomic E-state index is 0.469. The number of allylic oxidation sites excluding steroid dienone is 3. The molecule has 1 aliphatic rings. The first kappa shape index (κ1) is 13.4. The van der Waals surface area contributed by atoms with Gasteiger partial charge in [-0.3, -0.25) is 0 Å². The number of halogens is 2. The molecule has 0 bridgehead atoms. The maximum absolute atomic E-state index is 6.07. The third kappa shape index (κ3) is 3.48. The molecule has 0 fully saturated rings. The van der Waals surface area contributed by atoms with Crippen molar-refractivity contribution in [1.29, 1.82) is 0 Å². The van der Waals surface area contributed by atoms with Gasteiger partial charge >= 0.3 is 0 Å². The van der Waals surface area contributed by atoms with Crippen LogP contribution in [-0.2, 0) is 0 Å². The van der Waals surface area contributed by atoms with Gasteiger partial charge in [0.15, 0.2) is 5.11 Å². The average Bonchev–Trinajstić information content (AvgIpc) is 2.36. The largest absolute Gasteiger partial charge is 0.333 e. The van der Waals surface area contributed by atoms with E-state index in [0.29, 0.717) is 20.8 Å². The predicted molar refractivity (Wildman–Crippen MR) is 82.3 cm³/mol. The van der Waals surface area contributed by atoms with Crippen molar-refractivity contribution >= 4 is 46.2 Å². The van der Waals surface area contributed by atoms with E-state index in [-0.39, 0.29) is 0 Å². The summed E-state index contributed by atoms with van der Waals surface area (Å²) in [5, 5.41) is 7.60. The van der Waals surface area contributed by atoms with Gasteiger partial charge in [0, 0.05) is 5.70 Å². The Bertz CT molecular complexity index is 524. The van der Waals surface area contributed by atoms with E-state index in [9.17, 15) is 0 Å². The van der Waals surface area contributed by atoms with E-state index in [2.05, 4.69) is 22.8 Å². The Morgan fingerprint density at radius 1 is 1.17 bits per heavy atom. The second-order valence-corrected chi connectivity index (χ2v) is 5.01. The lowest BCUT2D eigenvalue weighted by molar-refractivity contribution is 0.987. The zero-order valence-electron chi connectivity index (χ0n) is 9.54. The van der Waals surface area contributed by atoms with Gasteiger partial charge < -0.3 is 10.6 Å². The molecule has 2 N–H and O–H groups in total. The molecule has 1 aliphatic carbocycles. The molecule has 0 aromatic heterocycles. The fraction of sp³-hybridized carbons (Fsp3) is 0.154. The van der Waals surface area contributed by atoms with Crippen LogP contribution in [0.3, 0.4) is 0 Å². The van der Waals surface area contributed by atoms with Gasteiger partial charge in [-0.05, 0) is 43.3 Å². The molecule has 0 spiro atoms. The van der Waals surface area contributed by atoms with Crippen LogP contribution in [0.15, 0.2) is 42.1 Å². The van der Waals surface area contributed by atoms with Crippen LogP contribution in [0, 0.1) is 0 Å². The van der Waals surface area contributed by atoms with Crippen LogP contribution in [0.25, 0.3) is 0 Å². The zero-order valence-corrected chi connectivity index (χ0v) is 11.9. The van der Waals surface area contributed by atoms with Crippen molar-refractivity contribution in [3.05, 3.63) is 52.2 Å². The quantitative estimate of drug-likeness (QED) is 0.785. The standard InChI is InChI=1S/C13H12Cl2N2S/c14-10-7-4-8-11(12(10)15)17-13(18)16-9-5-2-1-3-6-9/h2,4-8H,1,3H2,(H2,16,17,18). The lowest BCUT2D eigenvalue weighted by atomic mass is 10.1. The van der Waals surface area contributed by atoms with Crippen molar-refractivity contribution in [2.75, 3.05) is 5.32 Å². The second kappa shape index (κ2) is 6.23. The van der Waals surface area contributed by atoms with Crippen LogP contribution in [0.2, 0.25) is 10.0 Å². The molecule has 5 heteroatoms. The predicted octanol–water partition coefficient (Wildman–Crippen LogP) is 4.51. The number of anilines is 1. The molecule has 2 nitrogen and oxygen atoms in total. The van der Waals surface area contributed by atoms with E-state index in [1.165, 1.54) is 0 Å². The highest BCUT2D eigenvalue weighted by Gasteiger charge is 2.06. The molecule has 18 heavy (non-hydrogen) atoms. The molecule has 0 amide bonds. The van der Waals surface area contributed by atoms with Crippen molar-refractivity contribution in [3.63, 3.8) is 0 Å². The lowest BCUT2D eigenvalue weighted by Crippen LogP contribution is -2.27. The topological polar surface area (TPSA) is 24.1 Å². The van der Waals surface area contributed by atoms with Crippen LogP contribution in [-0.4, -0.2) is 5.11 Å². The van der Waals surface area contributed by atoms with E-state index < -0.39 is 0 Å². The highest BCUT2D eigenvalue weighted by molar-refractivity contribution is 7.80. The van der Waals surface area contributed by atoms with Gasteiger partial charge in [0.05, 0.1) is 15.7 Å². The molecule has 0 radical (unpaired) electrons. The Morgan fingerprint density at radius 2 is 2.00 bits per heavy atom. The highest BCUT2D eigenvalue weighted by Crippen LogP contribution is 2.29. The minimum absolute atomic E-state index is 0.469. The summed E-state index contributed by atoms with van der Waals surface area (Å²) in [6.07, 6.45) is 8.33. The number of hydrogen-bond donors (Lipinski definition) is 2. The maximum Gasteiger partial charge on any atom is 0.175 e. The monoisotopic (exact) mass is 298 g/mol. The van der Waals surface area contributed by atoms with E-state index >= 15 is 0 Å². The Balaban J connectivity index is 2.01. The van der Waals surface area contributed by atoms with Gasteiger partial charge in [-0.1, -0.05) is 41.4 Å². The number of thiocarbonyl (C=S) groups is 1. The van der Waals surface area contributed by atoms with Crippen LogP contribution < -0.4 is 10.6 Å². The zero-order chi connectivity index (χ0) is 13.0. The molecular weight excluding hydrogens is 287 g/mol. The minimum Gasteiger partial charge on any atom is -0.333 e. The molecule has 2 rings (SSSR count). The van der Waals surface area contributed by atoms with Gasteiger partial charge in [-0.15, -0.1) is 0 Å². The van der Waals surface area contributed by atoms with E-state index in [0.717, 1.165) is 18.5 Å². The van der Waals surface area contributed by atoms with Gasteiger partial charge in [0.25, 0.3) is 0 Å². The Kier molecular flexibility index (Phi) is 4.64. The first-order chi connectivity index (χ1) is 8.66. The smallest absolute Gasteiger partial charge is 0.175 e. The summed E-state index contributed by atoms with van der Waals surface area (Å²) in [6, 6.07) is 5.38. The molecule has 0 saturated carbocycles. The average molecular weight is 299 g/mol. The Hall–Kier alpha value is -1.03. The van der Waals surface area contributed by atoms with Gasteiger partial charge in [0.2, 0.25) is 0 Å². The summed E-state index contributed by atoms with van der Waals surface area (Å²) in [5.74, 6) is 0.